The fraction of sp³-hybridized carbons (Fsp3) is 0.538. The van der Waals surface area contributed by atoms with Gasteiger partial charge in [0.2, 0.25) is 0 Å². The molecule has 0 heterocycles. The quantitative estimate of drug-likeness (QED) is 0.846. The average Bonchev–Trinajstić information content (AvgIpc) is 2.26. The second kappa shape index (κ2) is 8.45. The molecule has 98 valence electrons. The van der Waals surface area contributed by atoms with Crippen molar-refractivity contribution in [3.63, 3.8) is 0 Å². The molecule has 0 bridgehead atoms. The molecule has 0 saturated carbocycles. The molecule has 0 radical (unpaired) electrons. The first-order chi connectivity index (χ1) is 7.65. The van der Waals surface area contributed by atoms with Crippen molar-refractivity contribution in [2.45, 2.75) is 25.9 Å². The van der Waals surface area contributed by atoms with Gasteiger partial charge in [0.15, 0.2) is 0 Å². The number of likely N-dealkylation sites (N-methyl/N-ethyl adjacent to an activating group) is 1. The topological polar surface area (TPSA) is 15.3 Å². The van der Waals surface area contributed by atoms with Crippen molar-refractivity contribution in [3.05, 3.63) is 35.6 Å². The maximum Gasteiger partial charge on any atom is 0.127 e. The summed E-state index contributed by atoms with van der Waals surface area (Å²) in [6.07, 6.45) is 1.09. The first-order valence-electron chi connectivity index (χ1n) is 5.75. The van der Waals surface area contributed by atoms with Crippen molar-refractivity contribution < 1.29 is 4.39 Å². The van der Waals surface area contributed by atoms with E-state index < -0.39 is 0 Å². The van der Waals surface area contributed by atoms with Gasteiger partial charge in [-0.25, -0.2) is 4.39 Å². The van der Waals surface area contributed by atoms with E-state index in [1.807, 2.05) is 12.1 Å². The number of rotatable bonds is 6. The van der Waals surface area contributed by atoms with Crippen LogP contribution in [0.1, 0.15) is 18.9 Å². The fourth-order valence-electron chi connectivity index (χ4n) is 1.71. The normalized spacial score (nSPS) is 12.3. The molecular formula is C13H22ClFN2. The van der Waals surface area contributed by atoms with E-state index in [2.05, 4.69) is 31.2 Å². The number of halogens is 2. The summed E-state index contributed by atoms with van der Waals surface area (Å²) in [4.78, 5) is 2.19. The molecule has 0 aliphatic rings. The number of hydrogen-bond donors (Lipinski definition) is 1. The van der Waals surface area contributed by atoms with Crippen LogP contribution in [0, 0.1) is 5.82 Å². The van der Waals surface area contributed by atoms with Crippen LogP contribution in [0.2, 0.25) is 0 Å². The fourth-order valence-corrected chi connectivity index (χ4v) is 1.71. The summed E-state index contributed by atoms with van der Waals surface area (Å²) in [6.45, 7) is 3.64. The number of nitrogens with zero attached hydrogens (tertiary/aromatic N) is 1. The van der Waals surface area contributed by atoms with Gasteiger partial charge in [-0.2, -0.15) is 0 Å². The Bertz CT molecular complexity index is 318. The lowest BCUT2D eigenvalue weighted by atomic mass is 10.2. The van der Waals surface area contributed by atoms with Gasteiger partial charge in [-0.15, -0.1) is 12.4 Å². The smallest absolute Gasteiger partial charge is 0.127 e. The molecule has 1 rings (SSSR count). The Morgan fingerprint density at radius 1 is 1.29 bits per heavy atom. The van der Waals surface area contributed by atoms with Gasteiger partial charge in [-0.3, -0.25) is 0 Å². The Morgan fingerprint density at radius 2 is 1.94 bits per heavy atom. The molecule has 0 spiro atoms. The predicted molar refractivity (Wildman–Crippen MR) is 73.1 cm³/mol. The average molecular weight is 261 g/mol. The van der Waals surface area contributed by atoms with E-state index in [4.69, 9.17) is 0 Å². The summed E-state index contributed by atoms with van der Waals surface area (Å²) >= 11 is 0. The zero-order valence-corrected chi connectivity index (χ0v) is 11.6. The van der Waals surface area contributed by atoms with Gasteiger partial charge in [-0.05, 0) is 26.6 Å². The zero-order valence-electron chi connectivity index (χ0n) is 10.7. The Kier molecular flexibility index (Phi) is 8.13. The SMILES string of the molecule is CCC(CNCc1ccccc1F)N(C)C.Cl. The largest absolute Gasteiger partial charge is 0.311 e. The molecule has 1 unspecified atom stereocenters. The van der Waals surface area contributed by atoms with E-state index in [0.29, 0.717) is 12.6 Å². The van der Waals surface area contributed by atoms with Gasteiger partial charge >= 0.3 is 0 Å². The van der Waals surface area contributed by atoms with E-state index >= 15 is 0 Å². The molecule has 4 heteroatoms. The minimum absolute atomic E-state index is 0. The molecular weight excluding hydrogens is 239 g/mol. The third-order valence-electron chi connectivity index (χ3n) is 2.85. The highest BCUT2D eigenvalue weighted by atomic mass is 35.5. The molecule has 0 aliphatic carbocycles. The van der Waals surface area contributed by atoms with Crippen LogP contribution < -0.4 is 5.32 Å². The minimum Gasteiger partial charge on any atom is -0.311 e. The molecule has 0 aromatic heterocycles. The van der Waals surface area contributed by atoms with Crippen molar-refractivity contribution in [2.75, 3.05) is 20.6 Å². The van der Waals surface area contributed by atoms with Crippen LogP contribution in [0.15, 0.2) is 24.3 Å². The van der Waals surface area contributed by atoms with Crippen LogP contribution >= 0.6 is 12.4 Å². The molecule has 0 amide bonds. The maximum absolute atomic E-state index is 13.3. The van der Waals surface area contributed by atoms with Gasteiger partial charge in [0.25, 0.3) is 0 Å². The first-order valence-corrected chi connectivity index (χ1v) is 5.75. The number of benzene rings is 1. The third kappa shape index (κ3) is 5.48. The van der Waals surface area contributed by atoms with E-state index in [-0.39, 0.29) is 18.2 Å². The summed E-state index contributed by atoms with van der Waals surface area (Å²) in [6, 6.07) is 7.41. The first kappa shape index (κ1) is 16.4. The van der Waals surface area contributed by atoms with Gasteiger partial charge in [0.1, 0.15) is 5.82 Å². The molecule has 1 N–H and O–H groups in total. The van der Waals surface area contributed by atoms with Gasteiger partial charge < -0.3 is 10.2 Å². The second-order valence-corrected chi connectivity index (χ2v) is 4.25. The highest BCUT2D eigenvalue weighted by molar-refractivity contribution is 5.85. The summed E-state index contributed by atoms with van der Waals surface area (Å²) in [7, 11) is 4.14. The van der Waals surface area contributed by atoms with Gasteiger partial charge in [0, 0.05) is 24.7 Å². The maximum atomic E-state index is 13.3. The Morgan fingerprint density at radius 3 is 2.47 bits per heavy atom. The summed E-state index contributed by atoms with van der Waals surface area (Å²) in [5, 5.41) is 3.29. The Hall–Kier alpha value is -0.640. The standard InChI is InChI=1S/C13H21FN2.ClH/c1-4-12(16(2)3)10-15-9-11-7-5-6-8-13(11)14;/h5-8,12,15H,4,9-10H2,1-3H3;1H. The highest BCUT2D eigenvalue weighted by Crippen LogP contribution is 2.06. The van der Waals surface area contributed by atoms with E-state index in [1.54, 1.807) is 6.07 Å². The zero-order chi connectivity index (χ0) is 12.0. The lowest BCUT2D eigenvalue weighted by Gasteiger charge is -2.23. The van der Waals surface area contributed by atoms with Crippen molar-refractivity contribution in [1.29, 1.82) is 0 Å². The molecule has 2 nitrogen and oxygen atoms in total. The van der Waals surface area contributed by atoms with Crippen molar-refractivity contribution in [1.82, 2.24) is 10.2 Å². The van der Waals surface area contributed by atoms with E-state index in [1.165, 1.54) is 6.07 Å². The molecule has 0 saturated heterocycles. The summed E-state index contributed by atoms with van der Waals surface area (Å²) < 4.78 is 13.3. The Labute approximate surface area is 110 Å². The number of hydrogen-bond acceptors (Lipinski definition) is 2. The lowest BCUT2D eigenvalue weighted by Crippen LogP contribution is -2.37. The van der Waals surface area contributed by atoms with E-state index in [0.717, 1.165) is 18.5 Å². The molecule has 1 aromatic carbocycles. The summed E-state index contributed by atoms with van der Waals surface area (Å²) in [5.74, 6) is -0.132. The van der Waals surface area contributed by atoms with E-state index in [9.17, 15) is 4.39 Å². The molecule has 0 fully saturated rings. The monoisotopic (exact) mass is 260 g/mol. The van der Waals surface area contributed by atoms with Crippen LogP contribution in [0.25, 0.3) is 0 Å². The van der Waals surface area contributed by atoms with Crippen molar-refractivity contribution in [2.24, 2.45) is 0 Å². The summed E-state index contributed by atoms with van der Waals surface area (Å²) in [5.41, 5.74) is 0.733. The molecule has 17 heavy (non-hydrogen) atoms. The number of nitrogens with one attached hydrogen (secondary N) is 1. The molecule has 0 aliphatic heterocycles. The van der Waals surface area contributed by atoms with Crippen LogP contribution in [0.5, 0.6) is 0 Å². The lowest BCUT2D eigenvalue weighted by molar-refractivity contribution is 0.275. The van der Waals surface area contributed by atoms with Crippen molar-refractivity contribution in [3.8, 4) is 0 Å². The molecule has 1 aromatic rings. The van der Waals surface area contributed by atoms with Gasteiger partial charge in [0.05, 0.1) is 0 Å². The highest BCUT2D eigenvalue weighted by Gasteiger charge is 2.08. The molecule has 1 atom stereocenters. The van der Waals surface area contributed by atoms with Crippen LogP contribution in [0.3, 0.4) is 0 Å². The van der Waals surface area contributed by atoms with Crippen molar-refractivity contribution >= 4 is 12.4 Å². The second-order valence-electron chi connectivity index (χ2n) is 4.25. The predicted octanol–water partition coefficient (Wildman–Crippen LogP) is 2.68. The van der Waals surface area contributed by atoms with Crippen LogP contribution in [-0.4, -0.2) is 31.6 Å². The minimum atomic E-state index is -0.132. The third-order valence-corrected chi connectivity index (χ3v) is 2.85. The Balaban J connectivity index is 0.00000256. The van der Waals surface area contributed by atoms with Crippen LogP contribution in [0.4, 0.5) is 4.39 Å². The van der Waals surface area contributed by atoms with Gasteiger partial charge in [-0.1, -0.05) is 25.1 Å². The van der Waals surface area contributed by atoms with Crippen LogP contribution in [-0.2, 0) is 6.54 Å².